The molecule has 0 fully saturated rings. The summed E-state index contributed by atoms with van der Waals surface area (Å²) in [6.07, 6.45) is 4.82. The topological polar surface area (TPSA) is 29.5 Å². The largest absolute Gasteiger partial charge is 0.462 e. The van der Waals surface area contributed by atoms with Crippen LogP contribution in [0.3, 0.4) is 0 Å². The number of hydrogen-bond acceptors (Lipinski definition) is 3. The number of hydrogen-bond donors (Lipinski definition) is 0. The Morgan fingerprint density at radius 3 is 2.20 bits per heavy atom. The van der Waals surface area contributed by atoms with Crippen molar-refractivity contribution in [1.82, 2.24) is 4.90 Å². The van der Waals surface area contributed by atoms with E-state index in [-0.39, 0.29) is 5.97 Å². The first-order chi connectivity index (χ1) is 9.42. The van der Waals surface area contributed by atoms with Crippen LogP contribution in [-0.4, -0.2) is 36.6 Å². The van der Waals surface area contributed by atoms with Gasteiger partial charge in [0.05, 0.1) is 6.61 Å². The number of ether oxygens (including phenoxy) is 1. The molecule has 0 radical (unpaired) electrons. The maximum absolute atomic E-state index is 11.3. The van der Waals surface area contributed by atoms with Crippen LogP contribution in [0.5, 0.6) is 0 Å². The molecule has 0 saturated carbocycles. The van der Waals surface area contributed by atoms with Crippen LogP contribution < -0.4 is 0 Å². The Labute approximate surface area is 125 Å². The molecule has 2 atom stereocenters. The maximum atomic E-state index is 11.3. The Hall–Kier alpha value is -0.830. The van der Waals surface area contributed by atoms with Gasteiger partial charge in [-0.25, -0.2) is 4.79 Å². The van der Waals surface area contributed by atoms with Crippen LogP contribution in [0.1, 0.15) is 60.3 Å². The van der Waals surface area contributed by atoms with Gasteiger partial charge in [0.25, 0.3) is 0 Å². The van der Waals surface area contributed by atoms with Crippen LogP contribution in [0.2, 0.25) is 0 Å². The minimum Gasteiger partial charge on any atom is -0.462 e. The van der Waals surface area contributed by atoms with E-state index in [9.17, 15) is 4.79 Å². The third kappa shape index (κ3) is 8.36. The van der Waals surface area contributed by atoms with Crippen molar-refractivity contribution in [2.24, 2.45) is 5.92 Å². The summed E-state index contributed by atoms with van der Waals surface area (Å²) in [4.78, 5) is 13.8. The fourth-order valence-electron chi connectivity index (χ4n) is 2.39. The summed E-state index contributed by atoms with van der Waals surface area (Å²) in [6, 6.07) is 0.668. The van der Waals surface area contributed by atoms with Crippen molar-refractivity contribution in [1.29, 1.82) is 0 Å². The van der Waals surface area contributed by atoms with Crippen LogP contribution in [0.25, 0.3) is 0 Å². The van der Waals surface area contributed by atoms with Crippen LogP contribution in [-0.2, 0) is 9.53 Å². The van der Waals surface area contributed by atoms with Gasteiger partial charge in [-0.05, 0) is 45.7 Å². The molecule has 0 aromatic heterocycles. The summed E-state index contributed by atoms with van der Waals surface area (Å²) in [5.74, 6) is 0.161. The summed E-state index contributed by atoms with van der Waals surface area (Å²) >= 11 is 0. The van der Waals surface area contributed by atoms with Gasteiger partial charge >= 0.3 is 5.97 Å². The van der Waals surface area contributed by atoms with Crippen molar-refractivity contribution in [3.05, 3.63) is 12.2 Å². The summed E-state index contributed by atoms with van der Waals surface area (Å²) in [5, 5.41) is 0. The van der Waals surface area contributed by atoms with E-state index in [1.807, 2.05) is 0 Å². The highest BCUT2D eigenvalue weighted by molar-refractivity contribution is 5.86. The van der Waals surface area contributed by atoms with Gasteiger partial charge in [-0.15, -0.1) is 0 Å². The van der Waals surface area contributed by atoms with Crippen molar-refractivity contribution in [3.8, 4) is 0 Å². The lowest BCUT2D eigenvalue weighted by molar-refractivity contribution is -0.140. The second kappa shape index (κ2) is 10.9. The number of rotatable bonds is 11. The van der Waals surface area contributed by atoms with E-state index in [1.165, 1.54) is 19.3 Å². The van der Waals surface area contributed by atoms with E-state index < -0.39 is 0 Å². The van der Waals surface area contributed by atoms with Gasteiger partial charge in [0.15, 0.2) is 0 Å². The molecule has 118 valence electrons. The molecule has 0 N–H and O–H groups in total. The molecule has 0 rings (SSSR count). The number of nitrogens with zero attached hydrogens (tertiary/aromatic N) is 1. The van der Waals surface area contributed by atoms with Gasteiger partial charge in [-0.2, -0.15) is 0 Å². The lowest BCUT2D eigenvalue weighted by atomic mass is 10.0. The molecule has 0 heterocycles. The summed E-state index contributed by atoms with van der Waals surface area (Å²) in [7, 11) is 0. The Morgan fingerprint density at radius 1 is 1.15 bits per heavy atom. The number of esters is 1. The first-order valence-corrected chi connectivity index (χ1v) is 7.98. The molecule has 0 aliphatic heterocycles. The lowest BCUT2D eigenvalue weighted by Crippen LogP contribution is -2.32. The zero-order valence-electron chi connectivity index (χ0n) is 14.1. The van der Waals surface area contributed by atoms with Crippen molar-refractivity contribution < 1.29 is 9.53 Å². The van der Waals surface area contributed by atoms with E-state index in [1.54, 1.807) is 6.92 Å². The Bertz CT molecular complexity index is 285. The van der Waals surface area contributed by atoms with Crippen LogP contribution in [0, 0.1) is 5.92 Å². The fraction of sp³-hybridized carbons (Fsp3) is 0.824. The average molecular weight is 283 g/mol. The quantitative estimate of drug-likeness (QED) is 0.326. The van der Waals surface area contributed by atoms with Gasteiger partial charge < -0.3 is 9.64 Å². The molecule has 0 spiro atoms. The number of unbranched alkanes of at least 4 members (excludes halogenated alkanes) is 1. The van der Waals surface area contributed by atoms with Crippen LogP contribution in [0.4, 0.5) is 0 Å². The second-order valence-corrected chi connectivity index (χ2v) is 5.84. The molecule has 0 aliphatic carbocycles. The Balaban J connectivity index is 3.69. The van der Waals surface area contributed by atoms with Gasteiger partial charge in [-0.3, -0.25) is 0 Å². The highest BCUT2D eigenvalue weighted by Crippen LogP contribution is 2.14. The highest BCUT2D eigenvalue weighted by atomic mass is 16.5. The van der Waals surface area contributed by atoms with Crippen molar-refractivity contribution in [2.75, 3.05) is 19.7 Å². The third-order valence-corrected chi connectivity index (χ3v) is 3.85. The van der Waals surface area contributed by atoms with Gasteiger partial charge in [0.2, 0.25) is 0 Å². The first kappa shape index (κ1) is 19.2. The smallest absolute Gasteiger partial charge is 0.333 e. The number of carbonyl (C=O) groups excluding carboxylic acids is 1. The van der Waals surface area contributed by atoms with Crippen LogP contribution in [0.15, 0.2) is 12.2 Å². The SMILES string of the molecule is C=C(C)C(=O)OCC(C)CCCCC(C)N(CC)CC. The van der Waals surface area contributed by atoms with E-state index in [4.69, 9.17) is 4.74 Å². The molecular weight excluding hydrogens is 250 g/mol. The summed E-state index contributed by atoms with van der Waals surface area (Å²) < 4.78 is 5.17. The normalized spacial score (nSPS) is 14.1. The molecule has 0 aromatic rings. The van der Waals surface area contributed by atoms with Crippen molar-refractivity contribution in [3.63, 3.8) is 0 Å². The molecule has 3 nitrogen and oxygen atoms in total. The van der Waals surface area contributed by atoms with Crippen molar-refractivity contribution >= 4 is 5.97 Å². The molecule has 0 saturated heterocycles. The zero-order valence-corrected chi connectivity index (χ0v) is 14.1. The molecule has 2 unspecified atom stereocenters. The Morgan fingerprint density at radius 2 is 1.70 bits per heavy atom. The predicted molar refractivity (Wildman–Crippen MR) is 85.8 cm³/mol. The second-order valence-electron chi connectivity index (χ2n) is 5.84. The highest BCUT2D eigenvalue weighted by Gasteiger charge is 2.11. The Kier molecular flexibility index (Phi) is 10.4. The molecule has 20 heavy (non-hydrogen) atoms. The van der Waals surface area contributed by atoms with Gasteiger partial charge in [0.1, 0.15) is 0 Å². The van der Waals surface area contributed by atoms with E-state index >= 15 is 0 Å². The molecule has 3 heteroatoms. The lowest BCUT2D eigenvalue weighted by Gasteiger charge is -2.26. The third-order valence-electron chi connectivity index (χ3n) is 3.85. The molecular formula is C17H33NO2. The zero-order chi connectivity index (χ0) is 15.5. The average Bonchev–Trinajstić information content (AvgIpc) is 2.42. The molecule has 0 amide bonds. The van der Waals surface area contributed by atoms with E-state index in [2.05, 4.69) is 39.2 Å². The first-order valence-electron chi connectivity index (χ1n) is 7.98. The molecule has 0 aliphatic rings. The van der Waals surface area contributed by atoms with Crippen LogP contribution >= 0.6 is 0 Å². The minimum atomic E-state index is -0.271. The standard InChI is InChI=1S/C17H33NO2/c1-7-18(8-2)16(6)12-10-9-11-15(5)13-20-17(19)14(3)4/h15-16H,3,7-13H2,1-2,4-6H3. The monoisotopic (exact) mass is 283 g/mol. The fourth-order valence-corrected chi connectivity index (χ4v) is 2.39. The summed E-state index contributed by atoms with van der Waals surface area (Å²) in [5.41, 5.74) is 0.477. The van der Waals surface area contributed by atoms with Crippen molar-refractivity contribution in [2.45, 2.75) is 66.3 Å². The molecule has 0 aromatic carbocycles. The summed E-state index contributed by atoms with van der Waals surface area (Å²) in [6.45, 7) is 16.9. The van der Waals surface area contributed by atoms with E-state index in [0.29, 0.717) is 24.1 Å². The van der Waals surface area contributed by atoms with Gasteiger partial charge in [0, 0.05) is 11.6 Å². The maximum Gasteiger partial charge on any atom is 0.333 e. The van der Waals surface area contributed by atoms with E-state index in [0.717, 1.165) is 19.5 Å². The predicted octanol–water partition coefficient (Wildman–Crippen LogP) is 4.03. The van der Waals surface area contributed by atoms with Gasteiger partial charge in [-0.1, -0.05) is 40.2 Å². The minimum absolute atomic E-state index is 0.271. The molecule has 0 bridgehead atoms. The number of carbonyl (C=O) groups is 1.